The minimum atomic E-state index is -0.716. The van der Waals surface area contributed by atoms with Crippen molar-refractivity contribution >= 4 is 0 Å². The molecule has 1 aromatic carbocycles. The van der Waals surface area contributed by atoms with Crippen LogP contribution in [0.4, 0.5) is 4.39 Å². The van der Waals surface area contributed by atoms with Crippen LogP contribution >= 0.6 is 0 Å². The smallest absolute Gasteiger partial charge is 0.129 e. The summed E-state index contributed by atoms with van der Waals surface area (Å²) >= 11 is 0. The van der Waals surface area contributed by atoms with E-state index in [0.717, 1.165) is 18.6 Å². The fourth-order valence-corrected chi connectivity index (χ4v) is 2.13. The second kappa shape index (κ2) is 4.93. The molecule has 88 valence electrons. The summed E-state index contributed by atoms with van der Waals surface area (Å²) in [5.74, 6) is 0.0342. The molecule has 16 heavy (non-hydrogen) atoms. The quantitative estimate of drug-likeness (QED) is 0.855. The van der Waals surface area contributed by atoms with Crippen LogP contribution in [0.2, 0.25) is 0 Å². The van der Waals surface area contributed by atoms with E-state index in [1.54, 1.807) is 12.1 Å². The van der Waals surface area contributed by atoms with Gasteiger partial charge in [0.2, 0.25) is 0 Å². The summed E-state index contributed by atoms with van der Waals surface area (Å²) in [6.45, 7) is 3.34. The molecule has 0 spiro atoms. The predicted molar refractivity (Wildman–Crippen MR) is 59.6 cm³/mol. The summed E-state index contributed by atoms with van der Waals surface area (Å²) in [6.07, 6.45) is 0.830. The highest BCUT2D eigenvalue weighted by Crippen LogP contribution is 2.28. The standard InChI is InChI=1S/C13H17FO2/c1-9-2-3-12(14)11(6-9)13(15)7-10-4-5-16-8-10/h2-3,6,10,13,15H,4-5,7-8H2,1H3. The predicted octanol–water partition coefficient (Wildman–Crippen LogP) is 2.59. The van der Waals surface area contributed by atoms with Crippen LogP contribution in [0.3, 0.4) is 0 Å². The van der Waals surface area contributed by atoms with Gasteiger partial charge in [-0.05, 0) is 31.7 Å². The molecule has 0 saturated carbocycles. The second-order valence-corrected chi connectivity index (χ2v) is 4.51. The number of rotatable bonds is 3. The summed E-state index contributed by atoms with van der Waals surface area (Å²) in [5, 5.41) is 9.99. The van der Waals surface area contributed by atoms with E-state index >= 15 is 0 Å². The van der Waals surface area contributed by atoms with Crippen molar-refractivity contribution in [1.29, 1.82) is 0 Å². The summed E-state index contributed by atoms with van der Waals surface area (Å²) < 4.78 is 18.7. The normalized spacial score (nSPS) is 22.3. The molecule has 2 nitrogen and oxygen atoms in total. The van der Waals surface area contributed by atoms with Gasteiger partial charge in [-0.2, -0.15) is 0 Å². The van der Waals surface area contributed by atoms with Gasteiger partial charge < -0.3 is 9.84 Å². The SMILES string of the molecule is Cc1ccc(F)c(C(O)CC2CCOC2)c1. The van der Waals surface area contributed by atoms with E-state index in [0.29, 0.717) is 24.5 Å². The molecular weight excluding hydrogens is 207 g/mol. The van der Waals surface area contributed by atoms with E-state index in [1.807, 2.05) is 6.92 Å². The minimum absolute atomic E-state index is 0.322. The zero-order valence-electron chi connectivity index (χ0n) is 9.45. The van der Waals surface area contributed by atoms with Crippen LogP contribution in [0, 0.1) is 18.7 Å². The molecule has 2 atom stereocenters. The Hall–Kier alpha value is -0.930. The summed E-state index contributed by atoms with van der Waals surface area (Å²) in [7, 11) is 0. The molecule has 1 aliphatic rings. The van der Waals surface area contributed by atoms with Crippen molar-refractivity contribution in [3.05, 3.63) is 35.1 Å². The molecule has 0 radical (unpaired) electrons. The lowest BCUT2D eigenvalue weighted by molar-refractivity contribution is 0.126. The number of hydrogen-bond donors (Lipinski definition) is 1. The molecular formula is C13H17FO2. The van der Waals surface area contributed by atoms with Crippen molar-refractivity contribution in [3.8, 4) is 0 Å². The van der Waals surface area contributed by atoms with Gasteiger partial charge in [-0.15, -0.1) is 0 Å². The van der Waals surface area contributed by atoms with Crippen LogP contribution in [-0.4, -0.2) is 18.3 Å². The molecule has 1 heterocycles. The summed E-state index contributed by atoms with van der Waals surface area (Å²) in [6, 6.07) is 4.85. The zero-order valence-corrected chi connectivity index (χ0v) is 9.45. The van der Waals surface area contributed by atoms with Gasteiger partial charge in [0.05, 0.1) is 6.10 Å². The highest BCUT2D eigenvalue weighted by atomic mass is 19.1. The van der Waals surface area contributed by atoms with Gasteiger partial charge in [0.25, 0.3) is 0 Å². The van der Waals surface area contributed by atoms with Crippen LogP contribution in [0.25, 0.3) is 0 Å². The second-order valence-electron chi connectivity index (χ2n) is 4.51. The Labute approximate surface area is 95.1 Å². The zero-order chi connectivity index (χ0) is 11.5. The van der Waals surface area contributed by atoms with Gasteiger partial charge in [-0.3, -0.25) is 0 Å². The van der Waals surface area contributed by atoms with Gasteiger partial charge in [-0.1, -0.05) is 17.7 Å². The van der Waals surface area contributed by atoms with Crippen molar-refractivity contribution in [3.63, 3.8) is 0 Å². The maximum Gasteiger partial charge on any atom is 0.129 e. The fraction of sp³-hybridized carbons (Fsp3) is 0.538. The maximum absolute atomic E-state index is 13.5. The lowest BCUT2D eigenvalue weighted by atomic mass is 9.95. The third-order valence-corrected chi connectivity index (χ3v) is 3.09. The van der Waals surface area contributed by atoms with Crippen molar-refractivity contribution < 1.29 is 14.2 Å². The molecule has 1 aromatic rings. The Kier molecular flexibility index (Phi) is 3.56. The number of halogens is 1. The summed E-state index contributed by atoms with van der Waals surface area (Å²) in [5.41, 5.74) is 1.38. The molecule has 3 heteroatoms. The molecule has 1 N–H and O–H groups in total. The molecule has 1 aliphatic heterocycles. The van der Waals surface area contributed by atoms with Crippen LogP contribution in [0.5, 0.6) is 0 Å². The molecule has 2 unspecified atom stereocenters. The Morgan fingerprint density at radius 3 is 3.06 bits per heavy atom. The Morgan fingerprint density at radius 1 is 1.56 bits per heavy atom. The lowest BCUT2D eigenvalue weighted by Crippen LogP contribution is -2.09. The van der Waals surface area contributed by atoms with Crippen LogP contribution < -0.4 is 0 Å². The highest BCUT2D eigenvalue weighted by molar-refractivity contribution is 5.25. The van der Waals surface area contributed by atoms with Gasteiger partial charge in [0.1, 0.15) is 5.82 Å². The van der Waals surface area contributed by atoms with Gasteiger partial charge in [-0.25, -0.2) is 4.39 Å². The molecule has 0 aliphatic carbocycles. The average Bonchev–Trinajstić information content (AvgIpc) is 2.74. The molecule has 0 amide bonds. The first-order valence-corrected chi connectivity index (χ1v) is 5.68. The number of benzene rings is 1. The van der Waals surface area contributed by atoms with Gasteiger partial charge in [0, 0.05) is 18.8 Å². The third-order valence-electron chi connectivity index (χ3n) is 3.09. The Balaban J connectivity index is 2.07. The number of aliphatic hydroxyl groups is 1. The maximum atomic E-state index is 13.5. The van der Waals surface area contributed by atoms with E-state index in [1.165, 1.54) is 6.07 Å². The van der Waals surface area contributed by atoms with Crippen LogP contribution in [-0.2, 0) is 4.74 Å². The minimum Gasteiger partial charge on any atom is -0.388 e. The van der Waals surface area contributed by atoms with Crippen molar-refractivity contribution in [2.75, 3.05) is 13.2 Å². The van der Waals surface area contributed by atoms with E-state index in [-0.39, 0.29) is 5.82 Å². The lowest BCUT2D eigenvalue weighted by Gasteiger charge is -2.15. The topological polar surface area (TPSA) is 29.5 Å². The van der Waals surface area contributed by atoms with E-state index < -0.39 is 6.10 Å². The number of ether oxygens (including phenoxy) is 1. The number of aliphatic hydroxyl groups excluding tert-OH is 1. The van der Waals surface area contributed by atoms with Crippen LogP contribution in [0.1, 0.15) is 30.1 Å². The van der Waals surface area contributed by atoms with Crippen LogP contribution in [0.15, 0.2) is 18.2 Å². The molecule has 1 saturated heterocycles. The van der Waals surface area contributed by atoms with Crippen molar-refractivity contribution in [2.45, 2.75) is 25.9 Å². The third kappa shape index (κ3) is 2.60. The first-order valence-electron chi connectivity index (χ1n) is 5.68. The molecule has 0 bridgehead atoms. The first kappa shape index (κ1) is 11.6. The molecule has 1 fully saturated rings. The monoisotopic (exact) mass is 224 g/mol. The van der Waals surface area contributed by atoms with E-state index in [9.17, 15) is 9.50 Å². The first-order chi connectivity index (χ1) is 7.66. The highest BCUT2D eigenvalue weighted by Gasteiger charge is 2.22. The largest absolute Gasteiger partial charge is 0.388 e. The average molecular weight is 224 g/mol. The Morgan fingerprint density at radius 2 is 2.38 bits per heavy atom. The van der Waals surface area contributed by atoms with E-state index in [2.05, 4.69) is 0 Å². The summed E-state index contributed by atoms with van der Waals surface area (Å²) in [4.78, 5) is 0. The van der Waals surface area contributed by atoms with Crippen molar-refractivity contribution in [1.82, 2.24) is 0 Å². The molecule has 0 aromatic heterocycles. The number of hydrogen-bond acceptors (Lipinski definition) is 2. The van der Waals surface area contributed by atoms with Gasteiger partial charge >= 0.3 is 0 Å². The molecule has 2 rings (SSSR count). The van der Waals surface area contributed by atoms with Gasteiger partial charge in [0.15, 0.2) is 0 Å². The Bertz CT molecular complexity index is 359. The van der Waals surface area contributed by atoms with Crippen molar-refractivity contribution in [2.24, 2.45) is 5.92 Å². The number of aryl methyl sites for hydroxylation is 1. The fourth-order valence-electron chi connectivity index (χ4n) is 2.13. The van der Waals surface area contributed by atoms with E-state index in [4.69, 9.17) is 4.74 Å².